The van der Waals surface area contributed by atoms with E-state index in [9.17, 15) is 10.1 Å². The third kappa shape index (κ3) is 3.44. The van der Waals surface area contributed by atoms with Crippen molar-refractivity contribution in [1.82, 2.24) is 5.32 Å². The molecule has 1 fully saturated rings. The van der Waals surface area contributed by atoms with Gasteiger partial charge < -0.3 is 10.6 Å². The highest BCUT2D eigenvalue weighted by molar-refractivity contribution is 5.48. The minimum Gasteiger partial charge on any atom is -0.383 e. The maximum absolute atomic E-state index is 10.6. The summed E-state index contributed by atoms with van der Waals surface area (Å²) in [7, 11) is 0. The lowest BCUT2D eigenvalue weighted by atomic mass is 9.77. The SMILES string of the molecule is CC1(C)CCCNC1CNc1ccc([N+](=O)[O-])cc1. The standard InChI is InChI=1S/C14H21N3O2/c1-14(2)8-3-9-15-13(14)10-16-11-4-6-12(7-5-11)17(18)19/h4-7,13,15-16H,3,8-10H2,1-2H3. The molecule has 1 unspecified atom stereocenters. The first-order valence-electron chi connectivity index (χ1n) is 6.71. The highest BCUT2D eigenvalue weighted by Crippen LogP contribution is 2.30. The van der Waals surface area contributed by atoms with Crippen molar-refractivity contribution in [3.63, 3.8) is 0 Å². The molecule has 1 aliphatic rings. The summed E-state index contributed by atoms with van der Waals surface area (Å²) in [6, 6.07) is 7.00. The van der Waals surface area contributed by atoms with Gasteiger partial charge in [-0.25, -0.2) is 0 Å². The molecular weight excluding hydrogens is 242 g/mol. The van der Waals surface area contributed by atoms with E-state index in [1.807, 2.05) is 0 Å². The van der Waals surface area contributed by atoms with Crippen molar-refractivity contribution < 1.29 is 4.92 Å². The maximum Gasteiger partial charge on any atom is 0.269 e. The number of non-ortho nitro benzene ring substituents is 1. The van der Waals surface area contributed by atoms with Gasteiger partial charge in [0.25, 0.3) is 5.69 Å². The average Bonchev–Trinajstić information content (AvgIpc) is 2.37. The minimum absolute atomic E-state index is 0.127. The molecule has 0 bridgehead atoms. The third-order valence-electron chi connectivity index (χ3n) is 3.92. The van der Waals surface area contributed by atoms with Gasteiger partial charge in [0.05, 0.1) is 4.92 Å². The number of anilines is 1. The fourth-order valence-corrected chi connectivity index (χ4v) is 2.54. The molecule has 1 heterocycles. The first kappa shape index (κ1) is 13.8. The largest absolute Gasteiger partial charge is 0.383 e. The number of piperidine rings is 1. The van der Waals surface area contributed by atoms with Gasteiger partial charge in [-0.1, -0.05) is 13.8 Å². The Hall–Kier alpha value is -1.62. The predicted molar refractivity (Wildman–Crippen MR) is 76.4 cm³/mol. The number of nitrogens with zero attached hydrogens (tertiary/aromatic N) is 1. The molecule has 1 saturated heterocycles. The Labute approximate surface area is 113 Å². The molecule has 0 aromatic heterocycles. The van der Waals surface area contributed by atoms with Crippen LogP contribution in [0.25, 0.3) is 0 Å². The Bertz CT molecular complexity index is 443. The van der Waals surface area contributed by atoms with Gasteiger partial charge in [-0.05, 0) is 36.9 Å². The normalized spacial score (nSPS) is 21.9. The molecule has 5 nitrogen and oxygen atoms in total. The molecule has 0 aliphatic carbocycles. The van der Waals surface area contributed by atoms with Crippen LogP contribution in [-0.2, 0) is 0 Å². The fourth-order valence-electron chi connectivity index (χ4n) is 2.54. The molecule has 0 radical (unpaired) electrons. The second-order valence-electron chi connectivity index (χ2n) is 5.78. The molecule has 2 rings (SSSR count). The zero-order valence-corrected chi connectivity index (χ0v) is 11.5. The summed E-state index contributed by atoms with van der Waals surface area (Å²) in [4.78, 5) is 10.2. The van der Waals surface area contributed by atoms with Gasteiger partial charge in [0, 0.05) is 30.4 Å². The summed E-state index contributed by atoms with van der Waals surface area (Å²) in [6.45, 7) is 6.46. The lowest BCUT2D eigenvalue weighted by Gasteiger charge is -2.39. The molecule has 104 valence electrons. The van der Waals surface area contributed by atoms with E-state index < -0.39 is 0 Å². The molecule has 1 aromatic rings. The highest BCUT2D eigenvalue weighted by Gasteiger charge is 2.31. The molecule has 19 heavy (non-hydrogen) atoms. The van der Waals surface area contributed by atoms with E-state index >= 15 is 0 Å². The van der Waals surface area contributed by atoms with Gasteiger partial charge >= 0.3 is 0 Å². The van der Waals surface area contributed by atoms with Crippen LogP contribution in [0.1, 0.15) is 26.7 Å². The lowest BCUT2D eigenvalue weighted by molar-refractivity contribution is -0.384. The van der Waals surface area contributed by atoms with E-state index in [0.29, 0.717) is 6.04 Å². The minimum atomic E-state index is -0.379. The van der Waals surface area contributed by atoms with Crippen LogP contribution >= 0.6 is 0 Å². The second kappa shape index (κ2) is 5.57. The van der Waals surface area contributed by atoms with Crippen LogP contribution in [0.5, 0.6) is 0 Å². The van der Waals surface area contributed by atoms with Crippen LogP contribution in [0, 0.1) is 15.5 Å². The number of nitrogens with one attached hydrogen (secondary N) is 2. The Morgan fingerprint density at radius 3 is 2.68 bits per heavy atom. The zero-order valence-electron chi connectivity index (χ0n) is 11.5. The molecule has 1 aromatic carbocycles. The van der Waals surface area contributed by atoms with E-state index in [1.54, 1.807) is 12.1 Å². The van der Waals surface area contributed by atoms with Crippen molar-refractivity contribution >= 4 is 11.4 Å². The van der Waals surface area contributed by atoms with Gasteiger partial charge in [0.1, 0.15) is 0 Å². The summed E-state index contributed by atoms with van der Waals surface area (Å²) < 4.78 is 0. The van der Waals surface area contributed by atoms with Crippen LogP contribution in [0.3, 0.4) is 0 Å². The molecule has 5 heteroatoms. The third-order valence-corrected chi connectivity index (χ3v) is 3.92. The molecule has 0 spiro atoms. The topological polar surface area (TPSA) is 67.2 Å². The van der Waals surface area contributed by atoms with Gasteiger partial charge in [0.15, 0.2) is 0 Å². The van der Waals surface area contributed by atoms with Crippen molar-refractivity contribution in [1.29, 1.82) is 0 Å². The fraction of sp³-hybridized carbons (Fsp3) is 0.571. The Balaban J connectivity index is 1.93. The van der Waals surface area contributed by atoms with Crippen molar-refractivity contribution in [2.45, 2.75) is 32.7 Å². The number of hydrogen-bond donors (Lipinski definition) is 2. The van der Waals surface area contributed by atoms with Crippen LogP contribution in [0.2, 0.25) is 0 Å². The van der Waals surface area contributed by atoms with Gasteiger partial charge in [-0.2, -0.15) is 0 Å². The smallest absolute Gasteiger partial charge is 0.269 e. The van der Waals surface area contributed by atoms with Crippen LogP contribution < -0.4 is 10.6 Å². The monoisotopic (exact) mass is 263 g/mol. The summed E-state index contributed by atoms with van der Waals surface area (Å²) in [5, 5.41) is 17.5. The number of hydrogen-bond acceptors (Lipinski definition) is 4. The number of nitro groups is 1. The van der Waals surface area contributed by atoms with E-state index in [2.05, 4.69) is 24.5 Å². The zero-order chi connectivity index (χ0) is 13.9. The van der Waals surface area contributed by atoms with Crippen molar-refractivity contribution in [2.24, 2.45) is 5.41 Å². The Morgan fingerprint density at radius 1 is 1.42 bits per heavy atom. The maximum atomic E-state index is 10.6. The van der Waals surface area contributed by atoms with E-state index in [0.717, 1.165) is 18.8 Å². The molecule has 0 amide bonds. The Kier molecular flexibility index (Phi) is 4.04. The van der Waals surface area contributed by atoms with E-state index in [1.165, 1.54) is 25.0 Å². The van der Waals surface area contributed by atoms with Gasteiger partial charge in [0.2, 0.25) is 0 Å². The van der Waals surface area contributed by atoms with Gasteiger partial charge in [-0.15, -0.1) is 0 Å². The molecular formula is C14H21N3O2. The first-order chi connectivity index (χ1) is 8.99. The summed E-state index contributed by atoms with van der Waals surface area (Å²) >= 11 is 0. The molecule has 0 saturated carbocycles. The molecule has 1 aliphatic heterocycles. The first-order valence-corrected chi connectivity index (χ1v) is 6.71. The molecule has 1 atom stereocenters. The number of benzene rings is 1. The summed E-state index contributed by atoms with van der Waals surface area (Å²) in [5.74, 6) is 0. The summed E-state index contributed by atoms with van der Waals surface area (Å²) in [6.07, 6.45) is 2.45. The highest BCUT2D eigenvalue weighted by atomic mass is 16.6. The van der Waals surface area contributed by atoms with E-state index in [-0.39, 0.29) is 16.0 Å². The lowest BCUT2D eigenvalue weighted by Crippen LogP contribution is -2.50. The second-order valence-corrected chi connectivity index (χ2v) is 5.78. The number of rotatable bonds is 4. The van der Waals surface area contributed by atoms with Crippen LogP contribution in [-0.4, -0.2) is 24.1 Å². The van der Waals surface area contributed by atoms with Crippen molar-refractivity contribution in [3.8, 4) is 0 Å². The quantitative estimate of drug-likeness (QED) is 0.647. The number of nitro benzene ring substituents is 1. The van der Waals surface area contributed by atoms with Crippen LogP contribution in [0.4, 0.5) is 11.4 Å². The van der Waals surface area contributed by atoms with Crippen molar-refractivity contribution in [3.05, 3.63) is 34.4 Å². The average molecular weight is 263 g/mol. The van der Waals surface area contributed by atoms with Crippen LogP contribution in [0.15, 0.2) is 24.3 Å². The molecule has 2 N–H and O–H groups in total. The van der Waals surface area contributed by atoms with Crippen molar-refractivity contribution in [2.75, 3.05) is 18.4 Å². The van der Waals surface area contributed by atoms with E-state index in [4.69, 9.17) is 0 Å². The predicted octanol–water partition coefficient (Wildman–Crippen LogP) is 2.78. The Morgan fingerprint density at radius 2 is 2.11 bits per heavy atom. The van der Waals surface area contributed by atoms with Gasteiger partial charge in [-0.3, -0.25) is 10.1 Å². The summed E-state index contributed by atoms with van der Waals surface area (Å²) in [5.41, 5.74) is 1.34.